The van der Waals surface area contributed by atoms with Gasteiger partial charge in [-0.2, -0.15) is 0 Å². The highest BCUT2D eigenvalue weighted by atomic mass is 31.2. The number of hydrogen-bond acceptors (Lipinski definition) is 12. The molecule has 0 rings (SSSR count). The number of phosphoric acid groups is 2. The zero-order valence-electron chi connectivity index (χ0n) is 36.1. The molecule has 0 aromatic carbocycles. The van der Waals surface area contributed by atoms with Crippen LogP contribution in [0.5, 0.6) is 0 Å². The Balaban J connectivity index is 4.63. The van der Waals surface area contributed by atoms with Gasteiger partial charge in [0.2, 0.25) is 0 Å². The summed E-state index contributed by atoms with van der Waals surface area (Å²) in [5.41, 5.74) is 0. The highest BCUT2D eigenvalue weighted by Gasteiger charge is 2.28. The van der Waals surface area contributed by atoms with Gasteiger partial charge in [0.15, 0.2) is 6.10 Å². The second-order valence-electron chi connectivity index (χ2n) is 15.3. The van der Waals surface area contributed by atoms with E-state index in [4.69, 9.17) is 23.8 Å². The monoisotopic (exact) mass is 886 g/mol. The summed E-state index contributed by atoms with van der Waals surface area (Å²) in [4.78, 5) is 52.7. The molecule has 0 bridgehead atoms. The minimum absolute atomic E-state index is 0.0330. The molecule has 1 unspecified atom stereocenters. The first kappa shape index (κ1) is 57.5. The first-order valence-electron chi connectivity index (χ1n) is 22.2. The molecule has 0 heterocycles. The number of allylic oxidation sites excluding steroid dienone is 3. The average molecular weight is 887 g/mol. The summed E-state index contributed by atoms with van der Waals surface area (Å²) >= 11 is 0. The van der Waals surface area contributed by atoms with Gasteiger partial charge >= 0.3 is 27.6 Å². The van der Waals surface area contributed by atoms with Crippen LogP contribution >= 0.6 is 15.6 Å². The van der Waals surface area contributed by atoms with Crippen molar-refractivity contribution >= 4 is 27.6 Å². The molecule has 0 saturated heterocycles. The number of rotatable bonds is 42. The van der Waals surface area contributed by atoms with Crippen LogP contribution in [0.15, 0.2) is 24.3 Å². The van der Waals surface area contributed by atoms with Crippen molar-refractivity contribution in [2.75, 3.05) is 26.4 Å². The number of phosphoric ester groups is 2. The third-order valence-electron chi connectivity index (χ3n) is 9.50. The zero-order valence-corrected chi connectivity index (χ0v) is 37.9. The molecule has 0 aromatic rings. The quantitative estimate of drug-likeness (QED) is 0.0145. The molecule has 0 radical (unpaired) electrons. The Hall–Kier alpha value is -1.48. The summed E-state index contributed by atoms with van der Waals surface area (Å²) in [6, 6.07) is 0. The minimum atomic E-state index is -4.88. The van der Waals surface area contributed by atoms with Crippen LogP contribution in [-0.4, -0.2) is 92.8 Å². The first-order chi connectivity index (χ1) is 28.2. The van der Waals surface area contributed by atoms with E-state index in [1.807, 2.05) is 12.2 Å². The van der Waals surface area contributed by atoms with Crippen molar-refractivity contribution in [3.05, 3.63) is 24.3 Å². The Morgan fingerprint density at radius 1 is 0.525 bits per heavy atom. The molecule has 0 aliphatic rings. The second kappa shape index (κ2) is 38.2. The third kappa shape index (κ3) is 40.4. The maximum absolute atomic E-state index is 12.7. The van der Waals surface area contributed by atoms with Crippen LogP contribution in [0.4, 0.5) is 0 Å². The zero-order chi connectivity index (χ0) is 44.0. The van der Waals surface area contributed by atoms with Gasteiger partial charge in [-0.25, -0.2) is 9.13 Å². The topological polar surface area (TPSA) is 236 Å². The van der Waals surface area contributed by atoms with Gasteiger partial charge in [0.05, 0.1) is 32.0 Å². The van der Waals surface area contributed by atoms with E-state index in [1.54, 1.807) is 0 Å². The number of carbonyl (C=O) groups is 2. The van der Waals surface area contributed by atoms with Gasteiger partial charge < -0.3 is 39.5 Å². The molecule has 17 heteroatoms. The molecular weight excluding hydrogens is 806 g/mol. The lowest BCUT2D eigenvalue weighted by Crippen LogP contribution is -2.30. The Morgan fingerprint density at radius 2 is 0.983 bits per heavy atom. The van der Waals surface area contributed by atoms with Crippen molar-refractivity contribution in [3.63, 3.8) is 0 Å². The lowest BCUT2D eigenvalue weighted by atomic mass is 10.0. The Morgan fingerprint density at radius 3 is 1.58 bits per heavy atom. The molecule has 0 amide bonds. The molecule has 348 valence electrons. The number of aliphatic hydroxyl groups excluding tert-OH is 3. The van der Waals surface area contributed by atoms with Gasteiger partial charge in [-0.05, 0) is 64.2 Å². The SMILES string of the molecule is CCCCC/C=C\C[C@H](O)[C@@H](O)CCCCCCCC(=O)O[C@H](COC(=O)CCCCCCCCC/C=C\CCCCCC)COP(=O)(O)OC[C@@H](O)COP(=O)(O)O. The Bertz CT molecular complexity index is 1180. The minimum Gasteiger partial charge on any atom is -0.462 e. The largest absolute Gasteiger partial charge is 0.472 e. The van der Waals surface area contributed by atoms with Crippen LogP contribution in [0.2, 0.25) is 0 Å². The summed E-state index contributed by atoms with van der Waals surface area (Å²) in [5, 5.41) is 30.2. The summed E-state index contributed by atoms with van der Waals surface area (Å²) in [6.45, 7) is 1.52. The van der Waals surface area contributed by atoms with Crippen molar-refractivity contribution in [1.29, 1.82) is 0 Å². The molecule has 0 aromatic heterocycles. The van der Waals surface area contributed by atoms with Crippen molar-refractivity contribution in [2.45, 2.75) is 205 Å². The van der Waals surface area contributed by atoms with Crippen LogP contribution in [0, 0.1) is 0 Å². The standard InChI is InChI=1S/C42H80O15P2/c1-3-5-7-9-11-12-13-14-15-16-17-18-19-23-27-31-41(46)53-35-38(36-56-59(51,52)55-34-37(43)33-54-58(48,49)50)57-42(47)32-28-24-20-22-26-30-40(45)39(44)29-25-21-10-8-6-4-2/h12-13,21,25,37-40,43-45H,3-11,14-20,22-24,26-36H2,1-2H3,(H,51,52)(H2,48,49,50)/b13-12-,25-21-/t37-,38+,39-,40-/m0/s1. The van der Waals surface area contributed by atoms with Gasteiger partial charge in [-0.15, -0.1) is 0 Å². The number of ether oxygens (including phenoxy) is 2. The molecule has 6 N–H and O–H groups in total. The highest BCUT2D eigenvalue weighted by Crippen LogP contribution is 2.43. The number of hydrogen-bond donors (Lipinski definition) is 6. The second-order valence-corrected chi connectivity index (χ2v) is 18.0. The predicted molar refractivity (Wildman–Crippen MR) is 228 cm³/mol. The normalized spacial score (nSPS) is 15.3. The smallest absolute Gasteiger partial charge is 0.462 e. The summed E-state index contributed by atoms with van der Waals surface area (Å²) in [7, 11) is -9.73. The lowest BCUT2D eigenvalue weighted by molar-refractivity contribution is -0.161. The molecule has 59 heavy (non-hydrogen) atoms. The molecule has 15 nitrogen and oxygen atoms in total. The molecule has 0 spiro atoms. The fourth-order valence-corrected chi connectivity index (χ4v) is 7.11. The van der Waals surface area contributed by atoms with E-state index in [9.17, 15) is 38.9 Å². The van der Waals surface area contributed by atoms with E-state index in [2.05, 4.69) is 35.0 Å². The maximum Gasteiger partial charge on any atom is 0.472 e. The van der Waals surface area contributed by atoms with E-state index in [-0.39, 0.29) is 12.8 Å². The average Bonchev–Trinajstić information content (AvgIpc) is 3.19. The number of carbonyl (C=O) groups excluding carboxylic acids is 2. The molecule has 0 aliphatic heterocycles. The summed E-state index contributed by atoms with van der Waals surface area (Å²) < 4.78 is 47.7. The van der Waals surface area contributed by atoms with Crippen molar-refractivity contribution in [3.8, 4) is 0 Å². The molecule has 0 fully saturated rings. The van der Waals surface area contributed by atoms with Crippen LogP contribution < -0.4 is 0 Å². The molecule has 5 atom stereocenters. The molecular formula is C42H80O15P2. The van der Waals surface area contributed by atoms with E-state index in [1.165, 1.54) is 51.4 Å². The van der Waals surface area contributed by atoms with Crippen LogP contribution in [0.3, 0.4) is 0 Å². The molecule has 0 saturated carbocycles. The van der Waals surface area contributed by atoms with Gasteiger partial charge in [-0.3, -0.25) is 23.2 Å². The Kier molecular flexibility index (Phi) is 37.3. The van der Waals surface area contributed by atoms with Crippen LogP contribution in [0.25, 0.3) is 0 Å². The summed E-state index contributed by atoms with van der Waals surface area (Å²) in [5.74, 6) is -1.14. The number of aliphatic hydroxyl groups is 3. The summed E-state index contributed by atoms with van der Waals surface area (Å²) in [6.07, 6.45) is 27.6. The highest BCUT2D eigenvalue weighted by molar-refractivity contribution is 7.47. The van der Waals surface area contributed by atoms with Crippen LogP contribution in [0.1, 0.15) is 181 Å². The first-order valence-corrected chi connectivity index (χ1v) is 25.2. The lowest BCUT2D eigenvalue weighted by Gasteiger charge is -2.20. The van der Waals surface area contributed by atoms with Gasteiger partial charge in [0.25, 0.3) is 0 Å². The van der Waals surface area contributed by atoms with E-state index in [0.717, 1.165) is 70.6 Å². The van der Waals surface area contributed by atoms with Gasteiger partial charge in [0, 0.05) is 12.8 Å². The third-order valence-corrected chi connectivity index (χ3v) is 10.9. The van der Waals surface area contributed by atoms with E-state index in [0.29, 0.717) is 32.1 Å². The van der Waals surface area contributed by atoms with E-state index < -0.39 is 78.4 Å². The predicted octanol–water partition coefficient (Wildman–Crippen LogP) is 9.06. The maximum atomic E-state index is 12.7. The van der Waals surface area contributed by atoms with E-state index >= 15 is 0 Å². The van der Waals surface area contributed by atoms with Crippen molar-refractivity contribution < 1.29 is 71.8 Å². The number of unbranched alkanes of at least 4 members (excludes halogenated alkanes) is 18. The Labute approximate surface area is 354 Å². The fourth-order valence-electron chi connectivity index (χ4n) is 5.95. The van der Waals surface area contributed by atoms with Gasteiger partial charge in [0.1, 0.15) is 12.7 Å². The van der Waals surface area contributed by atoms with Crippen LogP contribution in [-0.2, 0) is 41.8 Å². The van der Waals surface area contributed by atoms with Crippen molar-refractivity contribution in [2.24, 2.45) is 0 Å². The van der Waals surface area contributed by atoms with Gasteiger partial charge in [-0.1, -0.05) is 128 Å². The number of esters is 2. The molecule has 0 aliphatic carbocycles. The van der Waals surface area contributed by atoms with Crippen molar-refractivity contribution in [1.82, 2.24) is 0 Å². The fraction of sp³-hybridized carbons (Fsp3) is 0.857.